The van der Waals surface area contributed by atoms with Crippen molar-refractivity contribution < 1.29 is 9.59 Å². The number of nitrogens with one attached hydrogen (secondary N) is 3. The Balaban J connectivity index is 1.45. The number of aryl methyl sites for hydroxylation is 1. The molecule has 0 atom stereocenters. The summed E-state index contributed by atoms with van der Waals surface area (Å²) in [5.74, 6) is 5.55. The lowest BCUT2D eigenvalue weighted by Crippen LogP contribution is -2.31. The van der Waals surface area contributed by atoms with Crippen molar-refractivity contribution in [2.45, 2.75) is 13.0 Å². The SMILES string of the molecule is O=C(CCn1ccc(=O)[nH]c1=O)NCC#Cc1ccc(N2CCNC2=O)cc1. The molecule has 28 heavy (non-hydrogen) atoms. The molecule has 9 nitrogen and oxygen atoms in total. The Morgan fingerprint density at radius 2 is 1.93 bits per heavy atom. The molecule has 1 aromatic heterocycles. The second-order valence-corrected chi connectivity index (χ2v) is 6.06. The quantitative estimate of drug-likeness (QED) is 0.613. The lowest BCUT2D eigenvalue weighted by Gasteiger charge is -2.13. The number of aromatic amines is 1. The summed E-state index contributed by atoms with van der Waals surface area (Å²) in [6, 6.07) is 8.42. The van der Waals surface area contributed by atoms with E-state index in [2.05, 4.69) is 27.5 Å². The number of urea groups is 1. The van der Waals surface area contributed by atoms with Crippen LogP contribution in [-0.4, -0.2) is 41.1 Å². The van der Waals surface area contributed by atoms with Gasteiger partial charge in [-0.3, -0.25) is 19.5 Å². The Bertz CT molecular complexity index is 1040. The van der Waals surface area contributed by atoms with Crippen molar-refractivity contribution in [3.63, 3.8) is 0 Å². The van der Waals surface area contributed by atoms with E-state index in [1.807, 2.05) is 24.3 Å². The van der Waals surface area contributed by atoms with Crippen molar-refractivity contribution in [3.05, 3.63) is 62.9 Å². The minimum Gasteiger partial charge on any atom is -0.345 e. The van der Waals surface area contributed by atoms with Gasteiger partial charge in [0.2, 0.25) is 5.91 Å². The Kier molecular flexibility index (Phi) is 5.91. The van der Waals surface area contributed by atoms with Gasteiger partial charge in [0.15, 0.2) is 0 Å². The van der Waals surface area contributed by atoms with Gasteiger partial charge in [-0.05, 0) is 24.3 Å². The zero-order valence-electron chi connectivity index (χ0n) is 15.0. The fourth-order valence-corrected chi connectivity index (χ4v) is 2.66. The molecule has 1 aliphatic heterocycles. The van der Waals surface area contributed by atoms with Crippen LogP contribution in [0.25, 0.3) is 0 Å². The van der Waals surface area contributed by atoms with Crippen molar-refractivity contribution >= 4 is 17.6 Å². The summed E-state index contributed by atoms with van der Waals surface area (Å²) in [7, 11) is 0. The molecular weight excluding hydrogens is 362 g/mol. The van der Waals surface area contributed by atoms with Gasteiger partial charge in [-0.25, -0.2) is 9.59 Å². The number of aromatic nitrogens is 2. The van der Waals surface area contributed by atoms with Crippen LogP contribution < -0.4 is 26.8 Å². The Morgan fingerprint density at radius 1 is 1.14 bits per heavy atom. The summed E-state index contributed by atoms with van der Waals surface area (Å²) in [4.78, 5) is 49.7. The molecule has 1 saturated heterocycles. The number of hydrogen-bond acceptors (Lipinski definition) is 4. The first-order chi connectivity index (χ1) is 13.5. The predicted octanol–water partition coefficient (Wildman–Crippen LogP) is -0.376. The molecule has 3 amide bonds. The van der Waals surface area contributed by atoms with E-state index in [0.717, 1.165) is 11.3 Å². The minimum atomic E-state index is -0.546. The molecule has 0 spiro atoms. The van der Waals surface area contributed by atoms with Gasteiger partial charge in [-0.1, -0.05) is 11.8 Å². The lowest BCUT2D eigenvalue weighted by atomic mass is 10.2. The number of H-pyrrole nitrogens is 1. The number of carbonyl (C=O) groups is 2. The number of benzene rings is 1. The number of anilines is 1. The molecule has 3 N–H and O–H groups in total. The van der Waals surface area contributed by atoms with Crippen molar-refractivity contribution in [1.29, 1.82) is 0 Å². The summed E-state index contributed by atoms with van der Waals surface area (Å²) >= 11 is 0. The van der Waals surface area contributed by atoms with Crippen LogP contribution in [0.1, 0.15) is 12.0 Å². The van der Waals surface area contributed by atoms with Gasteiger partial charge < -0.3 is 15.2 Å². The van der Waals surface area contributed by atoms with E-state index in [4.69, 9.17) is 0 Å². The highest BCUT2D eigenvalue weighted by Gasteiger charge is 2.20. The average molecular weight is 381 g/mol. The first kappa shape index (κ1) is 19.0. The van der Waals surface area contributed by atoms with E-state index in [0.29, 0.717) is 13.1 Å². The topological polar surface area (TPSA) is 116 Å². The molecular formula is C19H19N5O4. The van der Waals surface area contributed by atoms with Crippen LogP contribution in [0.15, 0.2) is 46.1 Å². The molecule has 0 aliphatic carbocycles. The van der Waals surface area contributed by atoms with Crippen molar-refractivity contribution in [3.8, 4) is 11.8 Å². The number of carbonyl (C=O) groups excluding carboxylic acids is 2. The Morgan fingerprint density at radius 3 is 2.61 bits per heavy atom. The van der Waals surface area contributed by atoms with Crippen molar-refractivity contribution in [1.82, 2.24) is 20.2 Å². The van der Waals surface area contributed by atoms with Gasteiger partial charge in [-0.15, -0.1) is 0 Å². The highest BCUT2D eigenvalue weighted by Crippen LogP contribution is 2.16. The third-order valence-electron chi connectivity index (χ3n) is 4.12. The van der Waals surface area contributed by atoms with Crippen LogP contribution >= 0.6 is 0 Å². The molecule has 2 heterocycles. The lowest BCUT2D eigenvalue weighted by molar-refractivity contribution is -0.121. The smallest absolute Gasteiger partial charge is 0.328 e. The maximum Gasteiger partial charge on any atom is 0.328 e. The molecule has 1 aromatic carbocycles. The number of hydrogen-bond donors (Lipinski definition) is 3. The summed E-state index contributed by atoms with van der Waals surface area (Å²) in [6.07, 6.45) is 1.45. The van der Waals surface area contributed by atoms with Gasteiger partial charge in [0.1, 0.15) is 0 Å². The first-order valence-corrected chi connectivity index (χ1v) is 8.74. The van der Waals surface area contributed by atoms with Gasteiger partial charge in [0.25, 0.3) is 5.56 Å². The molecule has 2 aromatic rings. The van der Waals surface area contributed by atoms with Crippen LogP contribution in [0.2, 0.25) is 0 Å². The van der Waals surface area contributed by atoms with E-state index in [-0.39, 0.29) is 31.4 Å². The fourth-order valence-electron chi connectivity index (χ4n) is 2.66. The zero-order valence-corrected chi connectivity index (χ0v) is 15.0. The standard InChI is InChI=1S/C19H19N5O4/c25-16(7-11-23-12-8-17(26)22-19(23)28)20-9-1-2-14-3-5-15(6-4-14)24-13-10-21-18(24)27/h3-6,8,12H,7,9-11,13H2,(H,20,25)(H,21,27)(H,22,26,28). The molecule has 1 fully saturated rings. The number of rotatable bonds is 5. The van der Waals surface area contributed by atoms with Crippen LogP contribution in [0, 0.1) is 11.8 Å². The first-order valence-electron chi connectivity index (χ1n) is 8.74. The highest BCUT2D eigenvalue weighted by molar-refractivity contribution is 5.94. The highest BCUT2D eigenvalue weighted by atomic mass is 16.2. The van der Waals surface area contributed by atoms with Crippen molar-refractivity contribution in [2.75, 3.05) is 24.5 Å². The Hall–Kier alpha value is -3.80. The molecule has 3 rings (SSSR count). The van der Waals surface area contributed by atoms with Crippen LogP contribution in [0.5, 0.6) is 0 Å². The molecule has 144 valence electrons. The molecule has 0 bridgehead atoms. The second-order valence-electron chi connectivity index (χ2n) is 6.06. The van der Waals surface area contributed by atoms with Crippen LogP contribution in [-0.2, 0) is 11.3 Å². The normalized spacial score (nSPS) is 12.9. The molecule has 1 aliphatic rings. The number of nitrogens with zero attached hydrogens (tertiary/aromatic N) is 2. The second kappa shape index (κ2) is 8.73. The monoisotopic (exact) mass is 381 g/mol. The molecule has 0 saturated carbocycles. The van der Waals surface area contributed by atoms with Gasteiger partial charge >= 0.3 is 11.7 Å². The van der Waals surface area contributed by atoms with Gasteiger partial charge in [-0.2, -0.15) is 0 Å². The molecule has 0 radical (unpaired) electrons. The van der Waals surface area contributed by atoms with Gasteiger partial charge in [0, 0.05) is 49.6 Å². The minimum absolute atomic E-state index is 0.0974. The van der Waals surface area contributed by atoms with E-state index in [1.54, 1.807) is 4.90 Å². The molecule has 0 unspecified atom stereocenters. The van der Waals surface area contributed by atoms with E-state index in [1.165, 1.54) is 16.8 Å². The maximum atomic E-state index is 11.8. The Labute approximate surface area is 160 Å². The van der Waals surface area contributed by atoms with E-state index < -0.39 is 11.2 Å². The maximum absolute atomic E-state index is 11.8. The van der Waals surface area contributed by atoms with Crippen molar-refractivity contribution in [2.24, 2.45) is 0 Å². The van der Waals surface area contributed by atoms with E-state index >= 15 is 0 Å². The fraction of sp³-hybridized carbons (Fsp3) is 0.263. The average Bonchev–Trinajstić information content (AvgIpc) is 3.11. The largest absolute Gasteiger partial charge is 0.345 e. The number of amides is 3. The van der Waals surface area contributed by atoms with Crippen LogP contribution in [0.4, 0.5) is 10.5 Å². The van der Waals surface area contributed by atoms with Gasteiger partial charge in [0.05, 0.1) is 6.54 Å². The molecule has 9 heteroatoms. The van der Waals surface area contributed by atoms with Crippen LogP contribution in [0.3, 0.4) is 0 Å². The summed E-state index contributed by atoms with van der Waals surface area (Å²) in [6.45, 7) is 1.62. The third kappa shape index (κ3) is 4.88. The zero-order chi connectivity index (χ0) is 19.9. The summed E-state index contributed by atoms with van der Waals surface area (Å²) in [5.41, 5.74) is 0.566. The van der Waals surface area contributed by atoms with E-state index in [9.17, 15) is 19.2 Å². The third-order valence-corrected chi connectivity index (χ3v) is 4.12. The summed E-state index contributed by atoms with van der Waals surface area (Å²) < 4.78 is 1.26. The summed E-state index contributed by atoms with van der Waals surface area (Å²) in [5, 5.41) is 5.40. The predicted molar refractivity (Wildman–Crippen MR) is 103 cm³/mol.